The number of furan rings is 1. The number of hydrogen-bond acceptors (Lipinski definition) is 4. The Labute approximate surface area is 165 Å². The number of benzene rings is 2. The molecule has 0 saturated heterocycles. The minimum atomic E-state index is -4.43. The van der Waals surface area contributed by atoms with E-state index in [0.717, 1.165) is 22.0 Å². The van der Waals surface area contributed by atoms with Gasteiger partial charge in [-0.2, -0.15) is 13.2 Å². The maximum absolute atomic E-state index is 12.8. The van der Waals surface area contributed by atoms with Crippen molar-refractivity contribution < 1.29 is 26.8 Å². The Bertz CT molecular complexity index is 1190. The van der Waals surface area contributed by atoms with Crippen LogP contribution < -0.4 is 0 Å². The average Bonchev–Trinajstić information content (AvgIpc) is 3.23. The zero-order chi connectivity index (χ0) is 20.1. The van der Waals surface area contributed by atoms with Gasteiger partial charge < -0.3 is 8.83 Å². The minimum absolute atomic E-state index is 0.0491. The first-order valence-electron chi connectivity index (χ1n) is 8.11. The number of aryl methyl sites for hydroxylation is 1. The SMILES string of the molecule is Cc1oc(-c2ccc(C(F)(F)F)cc2)nc1C(=O)c1cc2cc(Br)ccc2o1. The van der Waals surface area contributed by atoms with Gasteiger partial charge in [-0.3, -0.25) is 4.79 Å². The number of halogens is 4. The van der Waals surface area contributed by atoms with Crippen LogP contribution in [0.4, 0.5) is 13.2 Å². The molecule has 0 aliphatic heterocycles. The van der Waals surface area contributed by atoms with Gasteiger partial charge in [0.25, 0.3) is 0 Å². The Morgan fingerprint density at radius 2 is 1.75 bits per heavy atom. The number of alkyl halides is 3. The van der Waals surface area contributed by atoms with E-state index in [1.54, 1.807) is 25.1 Å². The van der Waals surface area contributed by atoms with Crippen LogP contribution in [0.25, 0.3) is 22.4 Å². The second-order valence-electron chi connectivity index (χ2n) is 6.12. The Morgan fingerprint density at radius 3 is 2.43 bits per heavy atom. The molecule has 0 fully saturated rings. The normalized spacial score (nSPS) is 11.9. The molecule has 0 amide bonds. The predicted molar refractivity (Wildman–Crippen MR) is 99.0 cm³/mol. The second-order valence-corrected chi connectivity index (χ2v) is 7.04. The van der Waals surface area contributed by atoms with Crippen LogP contribution in [0.3, 0.4) is 0 Å². The number of hydrogen-bond donors (Lipinski definition) is 0. The Hall–Kier alpha value is -2.87. The second kappa shape index (κ2) is 6.63. The van der Waals surface area contributed by atoms with Gasteiger partial charge in [-0.1, -0.05) is 15.9 Å². The van der Waals surface area contributed by atoms with Gasteiger partial charge in [0.1, 0.15) is 11.3 Å². The van der Waals surface area contributed by atoms with Crippen LogP contribution in [0.5, 0.6) is 0 Å². The lowest BCUT2D eigenvalue weighted by molar-refractivity contribution is -0.137. The van der Waals surface area contributed by atoms with E-state index in [2.05, 4.69) is 20.9 Å². The summed E-state index contributed by atoms with van der Waals surface area (Å²) >= 11 is 3.36. The van der Waals surface area contributed by atoms with Gasteiger partial charge in [0.2, 0.25) is 11.7 Å². The van der Waals surface area contributed by atoms with Crippen LogP contribution in [-0.4, -0.2) is 10.8 Å². The van der Waals surface area contributed by atoms with E-state index in [4.69, 9.17) is 8.83 Å². The summed E-state index contributed by atoms with van der Waals surface area (Å²) in [5.74, 6) is -0.0508. The summed E-state index contributed by atoms with van der Waals surface area (Å²) < 4.78 is 50.0. The van der Waals surface area contributed by atoms with Gasteiger partial charge in [0, 0.05) is 15.4 Å². The van der Waals surface area contributed by atoms with Gasteiger partial charge in [-0.25, -0.2) is 4.98 Å². The number of ketones is 1. The van der Waals surface area contributed by atoms with Crippen molar-refractivity contribution in [3.8, 4) is 11.5 Å². The van der Waals surface area contributed by atoms with E-state index in [9.17, 15) is 18.0 Å². The summed E-state index contributed by atoms with van der Waals surface area (Å²) in [6.45, 7) is 1.56. The first kappa shape index (κ1) is 18.5. The molecule has 0 radical (unpaired) electrons. The van der Waals surface area contributed by atoms with Crippen LogP contribution in [0, 0.1) is 6.92 Å². The third-order valence-corrected chi connectivity index (χ3v) is 4.67. The Balaban J connectivity index is 1.67. The van der Waals surface area contributed by atoms with Gasteiger partial charge >= 0.3 is 6.18 Å². The summed E-state index contributed by atoms with van der Waals surface area (Å²) in [6.07, 6.45) is -4.43. The van der Waals surface area contributed by atoms with Crippen molar-refractivity contribution in [2.75, 3.05) is 0 Å². The lowest BCUT2D eigenvalue weighted by Gasteiger charge is -2.05. The number of fused-ring (bicyclic) bond motifs is 1. The van der Waals surface area contributed by atoms with Crippen LogP contribution in [0.1, 0.15) is 27.6 Å². The average molecular weight is 450 g/mol. The maximum Gasteiger partial charge on any atom is 0.416 e. The predicted octanol–water partition coefficient (Wildman–Crippen LogP) is 6.41. The summed E-state index contributed by atoms with van der Waals surface area (Å²) in [5.41, 5.74) is 0.164. The molecular weight excluding hydrogens is 439 g/mol. The molecule has 0 atom stereocenters. The number of nitrogens with zero attached hydrogens (tertiary/aromatic N) is 1. The third-order valence-electron chi connectivity index (χ3n) is 4.17. The molecule has 2 heterocycles. The van der Waals surface area contributed by atoms with E-state index < -0.39 is 17.5 Å². The largest absolute Gasteiger partial charge is 0.453 e. The number of rotatable bonds is 3. The quantitative estimate of drug-likeness (QED) is 0.339. The van der Waals surface area contributed by atoms with Gasteiger partial charge in [-0.05, 0) is 55.5 Å². The molecule has 2 aromatic heterocycles. The fourth-order valence-corrected chi connectivity index (χ4v) is 3.15. The van der Waals surface area contributed by atoms with Crippen LogP contribution in [0.2, 0.25) is 0 Å². The van der Waals surface area contributed by atoms with Crippen molar-refractivity contribution in [1.82, 2.24) is 4.98 Å². The highest BCUT2D eigenvalue weighted by molar-refractivity contribution is 9.10. The van der Waals surface area contributed by atoms with E-state index in [-0.39, 0.29) is 23.1 Å². The molecule has 142 valence electrons. The van der Waals surface area contributed by atoms with Crippen LogP contribution in [-0.2, 0) is 6.18 Å². The number of carbonyl (C=O) groups excluding carboxylic acids is 1. The molecule has 28 heavy (non-hydrogen) atoms. The molecule has 0 spiro atoms. The summed E-state index contributed by atoms with van der Waals surface area (Å²) in [4.78, 5) is 16.9. The highest BCUT2D eigenvalue weighted by Crippen LogP contribution is 2.32. The molecule has 4 rings (SSSR count). The highest BCUT2D eigenvalue weighted by atomic mass is 79.9. The first-order valence-corrected chi connectivity index (χ1v) is 8.90. The van der Waals surface area contributed by atoms with E-state index in [1.807, 2.05) is 6.07 Å². The Morgan fingerprint density at radius 1 is 1.04 bits per heavy atom. The summed E-state index contributed by atoms with van der Waals surface area (Å²) in [6, 6.07) is 11.3. The molecule has 0 N–H and O–H groups in total. The Kier molecular flexibility index (Phi) is 4.38. The van der Waals surface area contributed by atoms with Crippen LogP contribution >= 0.6 is 15.9 Å². The van der Waals surface area contributed by atoms with E-state index in [1.165, 1.54) is 12.1 Å². The fraction of sp³-hybridized carbons (Fsp3) is 0.100. The molecule has 0 saturated carbocycles. The molecular formula is C20H11BrF3NO3. The molecule has 4 nitrogen and oxygen atoms in total. The molecule has 0 aliphatic carbocycles. The van der Waals surface area contributed by atoms with Crippen molar-refractivity contribution in [1.29, 1.82) is 0 Å². The standard InChI is InChI=1S/C20H11BrF3NO3/c1-10-17(18(26)16-9-12-8-14(21)6-7-15(12)28-16)25-19(27-10)11-2-4-13(5-3-11)20(22,23)24/h2-9H,1H3. The van der Waals surface area contributed by atoms with E-state index in [0.29, 0.717) is 11.1 Å². The number of oxazole rings is 1. The zero-order valence-corrected chi connectivity index (χ0v) is 15.9. The first-order chi connectivity index (χ1) is 13.2. The lowest BCUT2D eigenvalue weighted by Crippen LogP contribution is -2.04. The van der Waals surface area contributed by atoms with Crippen molar-refractivity contribution in [2.45, 2.75) is 13.1 Å². The fourth-order valence-electron chi connectivity index (χ4n) is 2.78. The van der Waals surface area contributed by atoms with Crippen molar-refractivity contribution in [3.05, 3.63) is 75.8 Å². The maximum atomic E-state index is 12.8. The molecule has 0 aliphatic rings. The van der Waals surface area contributed by atoms with E-state index >= 15 is 0 Å². The van der Waals surface area contributed by atoms with Gasteiger partial charge in [0.05, 0.1) is 5.56 Å². The molecule has 8 heteroatoms. The molecule has 4 aromatic rings. The smallest absolute Gasteiger partial charge is 0.416 e. The van der Waals surface area contributed by atoms with Crippen molar-refractivity contribution in [2.24, 2.45) is 0 Å². The molecule has 0 bridgehead atoms. The van der Waals surface area contributed by atoms with Gasteiger partial charge in [-0.15, -0.1) is 0 Å². The lowest BCUT2D eigenvalue weighted by atomic mass is 10.1. The summed E-state index contributed by atoms with van der Waals surface area (Å²) in [7, 11) is 0. The molecule has 2 aromatic carbocycles. The highest BCUT2D eigenvalue weighted by Gasteiger charge is 2.30. The molecule has 0 unspecified atom stereocenters. The number of carbonyl (C=O) groups is 1. The third kappa shape index (κ3) is 3.35. The van der Waals surface area contributed by atoms with Crippen molar-refractivity contribution in [3.63, 3.8) is 0 Å². The monoisotopic (exact) mass is 449 g/mol. The topological polar surface area (TPSA) is 56.2 Å². The van der Waals surface area contributed by atoms with Crippen LogP contribution in [0.15, 0.2) is 61.8 Å². The summed E-state index contributed by atoms with van der Waals surface area (Å²) in [5, 5.41) is 0.752. The number of aromatic nitrogens is 1. The minimum Gasteiger partial charge on any atom is -0.453 e. The zero-order valence-electron chi connectivity index (χ0n) is 14.3. The van der Waals surface area contributed by atoms with Crippen molar-refractivity contribution >= 4 is 32.7 Å². The van der Waals surface area contributed by atoms with Gasteiger partial charge in [0.15, 0.2) is 11.5 Å².